The van der Waals surface area contributed by atoms with Gasteiger partial charge in [0.2, 0.25) is 0 Å². The highest BCUT2D eigenvalue weighted by Crippen LogP contribution is 2.11. The van der Waals surface area contributed by atoms with Crippen LogP contribution in [0.5, 0.6) is 0 Å². The first-order chi connectivity index (χ1) is 13.4. The zero-order chi connectivity index (χ0) is 20.9. The highest BCUT2D eigenvalue weighted by atomic mass is 16.4. The molecule has 0 spiro atoms. The van der Waals surface area contributed by atoms with E-state index in [0.29, 0.717) is 24.4 Å². The van der Waals surface area contributed by atoms with Crippen molar-refractivity contribution in [2.24, 2.45) is 0 Å². The summed E-state index contributed by atoms with van der Waals surface area (Å²) in [6.07, 6.45) is 1.12. The number of para-hydroxylation sites is 1. The molecule has 28 heavy (non-hydrogen) atoms. The van der Waals surface area contributed by atoms with E-state index >= 15 is 0 Å². The van der Waals surface area contributed by atoms with Crippen molar-refractivity contribution in [1.29, 1.82) is 0 Å². The average Bonchev–Trinajstić information content (AvgIpc) is 2.69. The van der Waals surface area contributed by atoms with E-state index in [1.165, 1.54) is 0 Å². The Kier molecular flexibility index (Phi) is 9.91. The Bertz CT molecular complexity index is 815. The Morgan fingerprint density at radius 1 is 1.00 bits per heavy atom. The van der Waals surface area contributed by atoms with E-state index in [0.717, 1.165) is 30.5 Å². The summed E-state index contributed by atoms with van der Waals surface area (Å²) in [6, 6.07) is 11.5. The minimum absolute atomic E-state index is 0.108. The molecule has 1 aromatic heterocycles. The van der Waals surface area contributed by atoms with Gasteiger partial charge < -0.3 is 20.4 Å². The predicted molar refractivity (Wildman–Crippen MR) is 106 cm³/mol. The number of aliphatic carboxylic acids is 2. The minimum Gasteiger partial charge on any atom is -0.478 e. The quantitative estimate of drug-likeness (QED) is 0.593. The molecule has 2 rings (SSSR count). The van der Waals surface area contributed by atoms with Crippen LogP contribution in [0.2, 0.25) is 0 Å². The molecule has 0 bridgehead atoms. The Balaban J connectivity index is 0.000000416. The molecule has 0 fully saturated rings. The largest absolute Gasteiger partial charge is 0.478 e. The number of carboxylic acid groups (broad SMARTS) is 2. The highest BCUT2D eigenvalue weighted by molar-refractivity contribution is 5.94. The van der Waals surface area contributed by atoms with E-state index in [2.05, 4.69) is 29.0 Å². The lowest BCUT2D eigenvalue weighted by Crippen LogP contribution is -2.35. The van der Waals surface area contributed by atoms with Crippen molar-refractivity contribution in [3.05, 3.63) is 54.2 Å². The van der Waals surface area contributed by atoms with Crippen LogP contribution in [-0.2, 0) is 9.59 Å². The van der Waals surface area contributed by atoms with Crippen molar-refractivity contribution in [2.75, 3.05) is 26.2 Å². The minimum atomic E-state index is -1.26. The number of carbonyl (C=O) groups excluding carboxylic acids is 1. The summed E-state index contributed by atoms with van der Waals surface area (Å²) in [4.78, 5) is 37.8. The zero-order valence-corrected chi connectivity index (χ0v) is 16.0. The third-order valence-corrected chi connectivity index (χ3v) is 3.81. The molecule has 1 aromatic carbocycles. The fourth-order valence-corrected chi connectivity index (χ4v) is 2.29. The second-order valence-corrected chi connectivity index (χ2v) is 5.68. The summed E-state index contributed by atoms with van der Waals surface area (Å²) >= 11 is 0. The van der Waals surface area contributed by atoms with Crippen LogP contribution < -0.4 is 5.32 Å². The smallest absolute Gasteiger partial charge is 0.328 e. The van der Waals surface area contributed by atoms with Crippen LogP contribution in [0, 0.1) is 0 Å². The summed E-state index contributed by atoms with van der Waals surface area (Å²) in [7, 11) is 0. The lowest BCUT2D eigenvalue weighted by Gasteiger charge is -2.17. The molecule has 1 amide bonds. The lowest BCUT2D eigenvalue weighted by atomic mass is 10.2. The van der Waals surface area contributed by atoms with E-state index in [1.807, 2.05) is 30.3 Å². The summed E-state index contributed by atoms with van der Waals surface area (Å²) in [6.45, 7) is 7.76. The summed E-state index contributed by atoms with van der Waals surface area (Å²) in [5.41, 5.74) is 1.33. The van der Waals surface area contributed by atoms with Gasteiger partial charge in [-0.05, 0) is 25.2 Å². The van der Waals surface area contributed by atoms with Gasteiger partial charge in [0.25, 0.3) is 5.91 Å². The molecule has 0 unspecified atom stereocenters. The van der Waals surface area contributed by atoms with Gasteiger partial charge in [-0.3, -0.25) is 4.79 Å². The first kappa shape index (κ1) is 22.8. The molecule has 0 saturated carbocycles. The number of rotatable bonds is 8. The van der Waals surface area contributed by atoms with Gasteiger partial charge in [-0.25, -0.2) is 14.6 Å². The van der Waals surface area contributed by atoms with Crippen molar-refractivity contribution >= 4 is 28.7 Å². The van der Waals surface area contributed by atoms with Crippen molar-refractivity contribution in [3.63, 3.8) is 0 Å². The molecular weight excluding hydrogens is 362 g/mol. The first-order valence-corrected chi connectivity index (χ1v) is 8.87. The Morgan fingerprint density at radius 2 is 1.61 bits per heavy atom. The number of fused-ring (bicyclic) bond motifs is 1. The van der Waals surface area contributed by atoms with Gasteiger partial charge in [0.15, 0.2) is 0 Å². The monoisotopic (exact) mass is 387 g/mol. The van der Waals surface area contributed by atoms with E-state index < -0.39 is 11.9 Å². The Labute approximate surface area is 163 Å². The van der Waals surface area contributed by atoms with E-state index in [9.17, 15) is 14.4 Å². The molecular formula is C20H25N3O5. The number of nitrogens with zero attached hydrogens (tertiary/aromatic N) is 2. The standard InChI is InChI=1S/C16H21N3O.C4H4O4/c1-3-19(4-2)12-11-17-16(20)15-10-9-13-7-5-6-8-14(13)18-15;5-3(6)1-2-4(7)8/h5-10H,3-4,11-12H2,1-2H3,(H,17,20);1-2H,(H,5,6)(H,7,8). The van der Waals surface area contributed by atoms with Gasteiger partial charge in [0.1, 0.15) is 5.69 Å². The number of hydrogen-bond acceptors (Lipinski definition) is 5. The summed E-state index contributed by atoms with van der Waals surface area (Å²) < 4.78 is 0. The molecule has 3 N–H and O–H groups in total. The summed E-state index contributed by atoms with van der Waals surface area (Å²) in [5, 5.41) is 19.6. The number of hydrogen-bond donors (Lipinski definition) is 3. The third-order valence-electron chi connectivity index (χ3n) is 3.81. The number of pyridine rings is 1. The number of aromatic nitrogens is 1. The molecule has 1 heterocycles. The van der Waals surface area contributed by atoms with Crippen LogP contribution in [0.4, 0.5) is 0 Å². The van der Waals surface area contributed by atoms with Gasteiger partial charge in [-0.15, -0.1) is 0 Å². The number of nitrogens with one attached hydrogen (secondary N) is 1. The fourth-order valence-electron chi connectivity index (χ4n) is 2.29. The van der Waals surface area contributed by atoms with E-state index in [1.54, 1.807) is 6.07 Å². The zero-order valence-electron chi connectivity index (χ0n) is 16.0. The van der Waals surface area contributed by atoms with Crippen LogP contribution in [0.1, 0.15) is 24.3 Å². The number of likely N-dealkylation sites (N-methyl/N-ethyl adjacent to an activating group) is 1. The van der Waals surface area contributed by atoms with Gasteiger partial charge in [-0.2, -0.15) is 0 Å². The Hall–Kier alpha value is -3.26. The second-order valence-electron chi connectivity index (χ2n) is 5.68. The number of carboxylic acids is 2. The molecule has 0 radical (unpaired) electrons. The lowest BCUT2D eigenvalue weighted by molar-refractivity contribution is -0.134. The molecule has 0 atom stereocenters. The molecule has 8 heteroatoms. The molecule has 0 aliphatic heterocycles. The van der Waals surface area contributed by atoms with Crippen molar-refractivity contribution in [1.82, 2.24) is 15.2 Å². The molecule has 0 saturated heterocycles. The van der Waals surface area contributed by atoms with Gasteiger partial charge >= 0.3 is 11.9 Å². The number of carbonyl (C=O) groups is 3. The van der Waals surface area contributed by atoms with Gasteiger partial charge in [0.05, 0.1) is 5.52 Å². The van der Waals surface area contributed by atoms with Crippen LogP contribution in [-0.4, -0.2) is 64.1 Å². The van der Waals surface area contributed by atoms with Crippen molar-refractivity contribution in [2.45, 2.75) is 13.8 Å². The van der Waals surface area contributed by atoms with Crippen molar-refractivity contribution in [3.8, 4) is 0 Å². The van der Waals surface area contributed by atoms with Crippen LogP contribution in [0.15, 0.2) is 48.6 Å². The normalized spacial score (nSPS) is 10.5. The van der Waals surface area contributed by atoms with Gasteiger partial charge in [-0.1, -0.05) is 38.1 Å². The maximum atomic E-state index is 12.1. The molecule has 0 aliphatic rings. The number of amides is 1. The molecule has 2 aromatic rings. The van der Waals surface area contributed by atoms with Crippen LogP contribution in [0.25, 0.3) is 10.9 Å². The van der Waals surface area contributed by atoms with Crippen LogP contribution in [0.3, 0.4) is 0 Å². The van der Waals surface area contributed by atoms with E-state index in [4.69, 9.17) is 10.2 Å². The molecule has 0 aliphatic carbocycles. The third kappa shape index (κ3) is 8.41. The topological polar surface area (TPSA) is 120 Å². The average molecular weight is 387 g/mol. The van der Waals surface area contributed by atoms with Gasteiger partial charge in [0, 0.05) is 30.6 Å². The van der Waals surface area contributed by atoms with Crippen molar-refractivity contribution < 1.29 is 24.6 Å². The maximum Gasteiger partial charge on any atom is 0.328 e. The predicted octanol–water partition coefficient (Wildman–Crippen LogP) is 2.02. The second kappa shape index (κ2) is 12.2. The maximum absolute atomic E-state index is 12.1. The number of benzene rings is 1. The molecule has 8 nitrogen and oxygen atoms in total. The Morgan fingerprint density at radius 3 is 2.18 bits per heavy atom. The SMILES string of the molecule is CCN(CC)CCNC(=O)c1ccc2ccccc2n1.O=C(O)C=CC(=O)O. The first-order valence-electron chi connectivity index (χ1n) is 8.87. The molecule has 150 valence electrons. The highest BCUT2D eigenvalue weighted by Gasteiger charge is 2.08. The summed E-state index contributed by atoms with van der Waals surface area (Å²) in [5.74, 6) is -2.62. The van der Waals surface area contributed by atoms with Crippen LogP contribution >= 0.6 is 0 Å². The van der Waals surface area contributed by atoms with E-state index in [-0.39, 0.29) is 5.91 Å². The fraction of sp³-hybridized carbons (Fsp3) is 0.300.